The molecule has 0 aromatic heterocycles. The fraction of sp³-hybridized carbons (Fsp3) is 0.891. The number of aliphatic hydroxyl groups excluding tert-OH is 8. The van der Waals surface area contributed by atoms with Crippen LogP contribution in [0, 0.1) is 33.5 Å². The molecular formula is C55H86O26S. The smallest absolute Gasteiger partial charge is 0.397 e. The van der Waals surface area contributed by atoms with Crippen LogP contribution < -0.4 is 0 Å². The summed E-state index contributed by atoms with van der Waals surface area (Å²) >= 11 is 0. The van der Waals surface area contributed by atoms with Gasteiger partial charge < -0.3 is 98.1 Å². The van der Waals surface area contributed by atoms with Crippen LogP contribution in [0.5, 0.6) is 0 Å². The summed E-state index contributed by atoms with van der Waals surface area (Å²) in [6, 6.07) is 0. The number of carbonyl (C=O) groups excluding carboxylic acids is 2. The highest BCUT2D eigenvalue weighted by atomic mass is 32.3. The van der Waals surface area contributed by atoms with Gasteiger partial charge in [0.2, 0.25) is 0 Å². The van der Waals surface area contributed by atoms with Crippen molar-refractivity contribution >= 4 is 22.3 Å². The third-order valence-corrected chi connectivity index (χ3v) is 20.9. The molecule has 27 heteroatoms. The van der Waals surface area contributed by atoms with Crippen LogP contribution in [0.15, 0.2) is 23.3 Å². The lowest BCUT2D eigenvalue weighted by molar-refractivity contribution is -0.382. The summed E-state index contributed by atoms with van der Waals surface area (Å²) in [5.41, 5.74) is -4.57. The van der Waals surface area contributed by atoms with E-state index in [0.29, 0.717) is 38.5 Å². The van der Waals surface area contributed by atoms with Crippen LogP contribution in [0.1, 0.15) is 114 Å². The standard InChI is InChI=1S/C55H86O26S/c1-24(2)12-11-17-53(9)55(66)34(74-26(4)57)20-52(8)28-13-14-32-50(5,6)33(16-18-51(32,7)27(28)15-19-54(52,55)49(65)80-53)76-48-44(36(60)31(23-72-48)81-82(67,68)69)79-46-38(62)37(61)41(25(3)73-46)77-45-39(63)42(29(58)22-71-45)78-47-40(64)43(70-10)35(59)30(21-56)75-47/h12-13,25,27,29-48,56,58-64,66H,11,14-23H2,1-10H3,(H,67,68,69)/t25?,27?,29-,30?,31-,32?,33+,34+,35-,36?,37?,38?,39?,40?,41-,42?,43?,44?,45+,46+,47+,48+,51-,52+,53+,54?,55+/m1/s1. The van der Waals surface area contributed by atoms with E-state index >= 15 is 0 Å². The second-order valence-corrected chi connectivity index (χ2v) is 26.7. The lowest BCUT2D eigenvalue weighted by Crippen LogP contribution is -2.66. The number of cyclic esters (lactones) is 1. The minimum atomic E-state index is -5.18. The van der Waals surface area contributed by atoms with E-state index in [1.807, 2.05) is 26.8 Å². The molecule has 5 aliphatic heterocycles. The van der Waals surface area contributed by atoms with Crippen LogP contribution in [0.25, 0.3) is 0 Å². The summed E-state index contributed by atoms with van der Waals surface area (Å²) < 4.78 is 104. The number of allylic oxidation sites excluding steroid dienone is 4. The lowest BCUT2D eigenvalue weighted by atomic mass is 9.40. The average Bonchev–Trinajstić information content (AvgIpc) is 1.91. The summed E-state index contributed by atoms with van der Waals surface area (Å²) in [6.07, 6.45) is -23.3. The van der Waals surface area contributed by atoms with Gasteiger partial charge in [-0.25, -0.2) is 4.18 Å². The first-order valence-corrected chi connectivity index (χ1v) is 29.8. The Labute approximate surface area is 477 Å². The fourth-order valence-electron chi connectivity index (χ4n) is 16.3. The van der Waals surface area contributed by atoms with Crippen LogP contribution in [0.4, 0.5) is 0 Å². The summed E-state index contributed by atoms with van der Waals surface area (Å²) in [4.78, 5) is 27.5. The third kappa shape index (κ3) is 10.6. The van der Waals surface area contributed by atoms with Gasteiger partial charge >= 0.3 is 22.3 Å². The lowest BCUT2D eigenvalue weighted by Gasteiger charge is -2.64. The molecule has 3 saturated carbocycles. The zero-order valence-electron chi connectivity index (χ0n) is 48.0. The molecule has 13 unspecified atom stereocenters. The van der Waals surface area contributed by atoms with E-state index in [1.165, 1.54) is 21.0 Å². The molecule has 5 saturated heterocycles. The van der Waals surface area contributed by atoms with Gasteiger partial charge in [-0.1, -0.05) is 51.0 Å². The van der Waals surface area contributed by atoms with E-state index in [0.717, 1.165) is 11.1 Å². The van der Waals surface area contributed by atoms with Gasteiger partial charge in [0.1, 0.15) is 96.5 Å². The van der Waals surface area contributed by atoms with Gasteiger partial charge in [0.05, 0.1) is 32.0 Å². The highest BCUT2D eigenvalue weighted by molar-refractivity contribution is 7.80. The Hall–Kier alpha value is -2.43. The van der Waals surface area contributed by atoms with Gasteiger partial charge in [0.15, 0.2) is 30.8 Å². The molecule has 0 aromatic carbocycles. The molecule has 0 radical (unpaired) electrons. The molecular weight excluding hydrogens is 1110 g/mol. The first-order valence-electron chi connectivity index (χ1n) is 28.4. The molecule has 4 aliphatic carbocycles. The number of rotatable bonds is 16. The first-order chi connectivity index (χ1) is 38.2. The molecule has 26 nitrogen and oxygen atoms in total. The van der Waals surface area contributed by atoms with Crippen LogP contribution >= 0.6 is 0 Å². The van der Waals surface area contributed by atoms with Crippen LogP contribution in [0.3, 0.4) is 0 Å². The molecule has 10 N–H and O–H groups in total. The highest BCUT2D eigenvalue weighted by Gasteiger charge is 2.87. The Balaban J connectivity index is 0.916. The summed E-state index contributed by atoms with van der Waals surface area (Å²) in [5, 5.41) is 102. The average molecular weight is 1200 g/mol. The van der Waals surface area contributed by atoms with E-state index in [1.54, 1.807) is 6.92 Å². The molecule has 9 aliphatic rings. The fourth-order valence-corrected chi connectivity index (χ4v) is 16.7. The maximum Gasteiger partial charge on any atom is 0.397 e. The molecule has 9 rings (SSSR count). The first kappa shape index (κ1) is 64.1. The van der Waals surface area contributed by atoms with Gasteiger partial charge in [0.25, 0.3) is 0 Å². The predicted octanol–water partition coefficient (Wildman–Crippen LogP) is -0.265. The van der Waals surface area contributed by atoms with E-state index in [4.69, 9.17) is 56.3 Å². The van der Waals surface area contributed by atoms with Crippen molar-refractivity contribution in [3.8, 4) is 0 Å². The largest absolute Gasteiger partial charge is 0.459 e. The number of carbonyl (C=O) groups is 2. The summed E-state index contributed by atoms with van der Waals surface area (Å²) in [7, 11) is -3.97. The van der Waals surface area contributed by atoms with Gasteiger partial charge in [-0.05, 0) is 102 Å². The molecule has 468 valence electrons. The minimum absolute atomic E-state index is 0.0823. The molecule has 8 fully saturated rings. The van der Waals surface area contributed by atoms with Crippen molar-refractivity contribution < 1.29 is 125 Å². The number of hydrogen-bond acceptors (Lipinski definition) is 25. The molecule has 0 bridgehead atoms. The molecule has 0 amide bonds. The third-order valence-electron chi connectivity index (χ3n) is 20.4. The second-order valence-electron chi connectivity index (χ2n) is 25.7. The van der Waals surface area contributed by atoms with Crippen LogP contribution in [-0.2, 0) is 76.3 Å². The molecule has 82 heavy (non-hydrogen) atoms. The topological polar surface area (TPSA) is 381 Å². The Morgan fingerprint density at radius 2 is 1.41 bits per heavy atom. The highest BCUT2D eigenvalue weighted by Crippen LogP contribution is 2.78. The number of methoxy groups -OCH3 is 1. The van der Waals surface area contributed by atoms with E-state index in [-0.39, 0.29) is 24.7 Å². The van der Waals surface area contributed by atoms with Crippen molar-refractivity contribution in [2.45, 2.75) is 248 Å². The molecule has 0 aromatic rings. The summed E-state index contributed by atoms with van der Waals surface area (Å²) in [5.74, 6) is -1.24. The molecule has 1 spiro atoms. The number of ether oxygens (including phenoxy) is 11. The quantitative estimate of drug-likeness (QED) is 0.0540. The van der Waals surface area contributed by atoms with Gasteiger partial charge in [-0.2, -0.15) is 8.42 Å². The van der Waals surface area contributed by atoms with E-state index < -0.39 is 198 Å². The summed E-state index contributed by atoms with van der Waals surface area (Å²) in [6.45, 7) is 14.9. The predicted molar refractivity (Wildman–Crippen MR) is 277 cm³/mol. The molecule has 5 heterocycles. The van der Waals surface area contributed by atoms with E-state index in [2.05, 4.69) is 26.8 Å². The van der Waals surface area contributed by atoms with Crippen molar-refractivity contribution in [1.29, 1.82) is 0 Å². The monoisotopic (exact) mass is 1190 g/mol. The molecule has 27 atom stereocenters. The van der Waals surface area contributed by atoms with Crippen molar-refractivity contribution in [1.82, 2.24) is 0 Å². The zero-order chi connectivity index (χ0) is 60.2. The SMILES string of the molecule is COC1C(O)[C@H](OC2C(O)[C@H](O[C@@H]3C(C)O[C@@H](OC4C(O)[C@H](OS(=O)(=O)O)CO[C@H]4O[C@H]4CC[C@]5(C)C6CCC78C(=O)O[C@@](C)(CCC=C(C)C)[C@@]7(O)[C@@H](OC(C)=O)C[C@@]8(C)C6=CCC5C4(C)C)C(O)C3O)OC[C@H]2O)OC(CO)[C@H]1O. The Morgan fingerprint density at radius 1 is 0.768 bits per heavy atom. The normalized spacial score (nSPS) is 50.0. The van der Waals surface area contributed by atoms with Crippen LogP contribution in [0.2, 0.25) is 0 Å². The van der Waals surface area contributed by atoms with Crippen LogP contribution in [-0.4, -0.2) is 232 Å². The maximum atomic E-state index is 14.7. The Morgan fingerprint density at radius 3 is 2.06 bits per heavy atom. The van der Waals surface area contributed by atoms with Crippen molar-refractivity contribution in [3.63, 3.8) is 0 Å². The van der Waals surface area contributed by atoms with Crippen molar-refractivity contribution in [2.24, 2.45) is 33.5 Å². The number of aliphatic hydroxyl groups is 9. The number of hydrogen-bond donors (Lipinski definition) is 10. The zero-order valence-corrected chi connectivity index (χ0v) is 48.9. The van der Waals surface area contributed by atoms with E-state index in [9.17, 15) is 68.5 Å². The Bertz CT molecular complexity index is 2510. The van der Waals surface area contributed by atoms with Crippen molar-refractivity contribution in [3.05, 3.63) is 23.3 Å². The Kier molecular flexibility index (Phi) is 18.2. The van der Waals surface area contributed by atoms with Gasteiger partial charge in [-0.3, -0.25) is 14.1 Å². The minimum Gasteiger partial charge on any atom is -0.459 e. The second kappa shape index (κ2) is 23.3. The van der Waals surface area contributed by atoms with Gasteiger partial charge in [-0.15, -0.1) is 0 Å². The number of esters is 2. The van der Waals surface area contributed by atoms with Crippen molar-refractivity contribution in [2.75, 3.05) is 26.9 Å². The van der Waals surface area contributed by atoms with Gasteiger partial charge in [0, 0.05) is 19.4 Å². The maximum absolute atomic E-state index is 14.7. The number of fused-ring (bicyclic) bond motifs is 4.